The summed E-state index contributed by atoms with van der Waals surface area (Å²) in [4.78, 5) is 27.5. The largest absolute Gasteiger partial charge is 0.341 e. The molecule has 2 rings (SSSR count). The maximum absolute atomic E-state index is 12.2. The van der Waals surface area contributed by atoms with Crippen LogP contribution >= 0.6 is 0 Å². The number of hydrogen-bond donors (Lipinski definition) is 0. The predicted octanol–water partition coefficient (Wildman–Crippen LogP) is 2.28. The third-order valence-corrected chi connectivity index (χ3v) is 3.65. The molecule has 4 heteroatoms. The van der Waals surface area contributed by atoms with Crippen molar-refractivity contribution in [2.24, 2.45) is 0 Å². The second-order valence-corrected chi connectivity index (χ2v) is 5.54. The number of rotatable bonds is 3. The van der Waals surface area contributed by atoms with Gasteiger partial charge in [-0.1, -0.05) is 6.07 Å². The van der Waals surface area contributed by atoms with Crippen molar-refractivity contribution in [2.75, 3.05) is 24.5 Å². The van der Waals surface area contributed by atoms with Crippen LogP contribution in [0.15, 0.2) is 18.2 Å². The second-order valence-electron chi connectivity index (χ2n) is 5.54. The van der Waals surface area contributed by atoms with E-state index in [2.05, 4.69) is 6.07 Å². The zero-order valence-corrected chi connectivity index (χ0v) is 12.5. The Morgan fingerprint density at radius 2 is 1.65 bits per heavy atom. The van der Waals surface area contributed by atoms with E-state index in [4.69, 9.17) is 0 Å². The van der Waals surface area contributed by atoms with Crippen LogP contribution in [-0.2, 0) is 9.59 Å². The third-order valence-electron chi connectivity index (χ3n) is 3.65. The summed E-state index contributed by atoms with van der Waals surface area (Å²) >= 11 is 0. The molecule has 1 aromatic carbocycles. The Balaban J connectivity index is 2.18. The average molecular weight is 274 g/mol. The highest BCUT2D eigenvalue weighted by Gasteiger charge is 2.22. The highest BCUT2D eigenvalue weighted by atomic mass is 16.2. The first kappa shape index (κ1) is 14.6. The fourth-order valence-corrected chi connectivity index (χ4v) is 2.69. The molecule has 1 heterocycles. The first-order valence-electron chi connectivity index (χ1n) is 7.11. The number of anilines is 1. The van der Waals surface area contributed by atoms with Crippen molar-refractivity contribution in [1.29, 1.82) is 0 Å². The summed E-state index contributed by atoms with van der Waals surface area (Å²) in [5.41, 5.74) is 3.00. The summed E-state index contributed by atoms with van der Waals surface area (Å²) in [6.45, 7) is 7.27. The Bertz CT molecular complexity index is 499. The molecular weight excluding hydrogens is 252 g/mol. The van der Waals surface area contributed by atoms with Crippen LogP contribution in [0.25, 0.3) is 0 Å². The highest BCUT2D eigenvalue weighted by Crippen LogP contribution is 2.19. The van der Waals surface area contributed by atoms with Gasteiger partial charge >= 0.3 is 0 Å². The van der Waals surface area contributed by atoms with Crippen molar-refractivity contribution in [3.8, 4) is 0 Å². The quantitative estimate of drug-likeness (QED) is 0.848. The molecule has 20 heavy (non-hydrogen) atoms. The number of likely N-dealkylation sites (tertiary alicyclic amines) is 1. The summed E-state index contributed by atoms with van der Waals surface area (Å²) in [6.07, 6.45) is 2.13. The van der Waals surface area contributed by atoms with Gasteiger partial charge in [0.15, 0.2) is 0 Å². The Hall–Kier alpha value is -1.84. The number of nitrogens with zero attached hydrogens (tertiary/aromatic N) is 2. The van der Waals surface area contributed by atoms with E-state index >= 15 is 0 Å². The minimum absolute atomic E-state index is 0.0388. The lowest BCUT2D eigenvalue weighted by molar-refractivity contribution is -0.130. The van der Waals surface area contributed by atoms with Crippen LogP contribution in [-0.4, -0.2) is 36.3 Å². The van der Waals surface area contributed by atoms with E-state index in [1.165, 1.54) is 6.92 Å². The number of aryl methyl sites for hydroxylation is 2. The Labute approximate surface area is 120 Å². The van der Waals surface area contributed by atoms with Crippen molar-refractivity contribution in [3.63, 3.8) is 0 Å². The zero-order valence-electron chi connectivity index (χ0n) is 12.5. The summed E-state index contributed by atoms with van der Waals surface area (Å²) in [6, 6.07) is 5.96. The van der Waals surface area contributed by atoms with Crippen molar-refractivity contribution < 1.29 is 9.59 Å². The number of carbonyl (C=O) groups excluding carboxylic acids is 2. The molecule has 1 fully saturated rings. The fourth-order valence-electron chi connectivity index (χ4n) is 2.69. The van der Waals surface area contributed by atoms with Gasteiger partial charge in [0.05, 0.1) is 0 Å². The summed E-state index contributed by atoms with van der Waals surface area (Å²) < 4.78 is 0. The first-order valence-corrected chi connectivity index (χ1v) is 7.11. The van der Waals surface area contributed by atoms with Gasteiger partial charge in [0.1, 0.15) is 6.54 Å². The number of carbonyl (C=O) groups is 2. The van der Waals surface area contributed by atoms with Crippen LogP contribution in [0.4, 0.5) is 5.69 Å². The zero-order chi connectivity index (χ0) is 14.7. The summed E-state index contributed by atoms with van der Waals surface area (Å²) in [5.74, 6) is -0.0561. The van der Waals surface area contributed by atoms with Gasteiger partial charge in [0.2, 0.25) is 11.8 Å². The molecule has 0 bridgehead atoms. The third kappa shape index (κ3) is 3.38. The first-order chi connectivity index (χ1) is 9.47. The van der Waals surface area contributed by atoms with Crippen LogP contribution in [0.1, 0.15) is 30.9 Å². The molecule has 108 valence electrons. The SMILES string of the molecule is CC(=O)N(CC(=O)N1CCCC1)c1cc(C)cc(C)c1. The Kier molecular flexibility index (Phi) is 4.42. The molecule has 2 amide bonds. The molecule has 1 aliphatic heterocycles. The lowest BCUT2D eigenvalue weighted by Gasteiger charge is -2.24. The fraction of sp³-hybridized carbons (Fsp3) is 0.500. The minimum atomic E-state index is -0.0949. The highest BCUT2D eigenvalue weighted by molar-refractivity contribution is 5.97. The molecule has 0 aliphatic carbocycles. The van der Waals surface area contributed by atoms with E-state index in [1.807, 2.05) is 30.9 Å². The van der Waals surface area contributed by atoms with E-state index in [0.29, 0.717) is 0 Å². The van der Waals surface area contributed by atoms with Gasteiger partial charge in [-0.05, 0) is 49.9 Å². The molecule has 0 unspecified atom stereocenters. The number of amides is 2. The number of hydrogen-bond acceptors (Lipinski definition) is 2. The lowest BCUT2D eigenvalue weighted by atomic mass is 10.1. The van der Waals surface area contributed by atoms with Gasteiger partial charge in [0, 0.05) is 25.7 Å². The van der Waals surface area contributed by atoms with Gasteiger partial charge in [-0.2, -0.15) is 0 Å². The van der Waals surface area contributed by atoms with Crippen molar-refractivity contribution in [1.82, 2.24) is 4.90 Å². The van der Waals surface area contributed by atoms with Crippen LogP contribution in [0.2, 0.25) is 0 Å². The van der Waals surface area contributed by atoms with E-state index in [-0.39, 0.29) is 18.4 Å². The van der Waals surface area contributed by atoms with Crippen LogP contribution in [0, 0.1) is 13.8 Å². The molecule has 0 N–H and O–H groups in total. The molecule has 1 saturated heterocycles. The van der Waals surface area contributed by atoms with E-state index in [0.717, 1.165) is 42.7 Å². The molecule has 4 nitrogen and oxygen atoms in total. The normalized spacial score (nSPS) is 14.4. The standard InChI is InChI=1S/C16H22N2O2/c1-12-8-13(2)10-15(9-12)18(14(3)19)11-16(20)17-6-4-5-7-17/h8-10H,4-7,11H2,1-3H3. The molecule has 1 aliphatic rings. The van der Waals surface area contributed by atoms with Crippen molar-refractivity contribution >= 4 is 17.5 Å². The van der Waals surface area contributed by atoms with Gasteiger partial charge in [-0.25, -0.2) is 0 Å². The summed E-state index contributed by atoms with van der Waals surface area (Å²) in [5, 5.41) is 0. The van der Waals surface area contributed by atoms with Crippen LogP contribution < -0.4 is 4.90 Å². The van der Waals surface area contributed by atoms with Gasteiger partial charge in [0.25, 0.3) is 0 Å². The molecule has 0 aromatic heterocycles. The Morgan fingerprint density at radius 1 is 1.10 bits per heavy atom. The van der Waals surface area contributed by atoms with E-state index < -0.39 is 0 Å². The Morgan fingerprint density at radius 3 is 2.15 bits per heavy atom. The minimum Gasteiger partial charge on any atom is -0.341 e. The molecular formula is C16H22N2O2. The molecule has 0 radical (unpaired) electrons. The van der Waals surface area contributed by atoms with Crippen molar-refractivity contribution in [3.05, 3.63) is 29.3 Å². The van der Waals surface area contributed by atoms with Gasteiger partial charge in [-0.15, -0.1) is 0 Å². The smallest absolute Gasteiger partial charge is 0.242 e. The summed E-state index contributed by atoms with van der Waals surface area (Å²) in [7, 11) is 0. The molecule has 0 spiro atoms. The molecule has 0 saturated carbocycles. The average Bonchev–Trinajstić information content (AvgIpc) is 2.87. The predicted molar refractivity (Wildman–Crippen MR) is 79.8 cm³/mol. The maximum atomic E-state index is 12.2. The lowest BCUT2D eigenvalue weighted by Crippen LogP contribution is -2.41. The van der Waals surface area contributed by atoms with E-state index in [9.17, 15) is 9.59 Å². The number of benzene rings is 1. The van der Waals surface area contributed by atoms with Crippen LogP contribution in [0.3, 0.4) is 0 Å². The monoisotopic (exact) mass is 274 g/mol. The topological polar surface area (TPSA) is 40.6 Å². The van der Waals surface area contributed by atoms with E-state index in [1.54, 1.807) is 4.90 Å². The second kappa shape index (κ2) is 6.07. The van der Waals surface area contributed by atoms with Gasteiger partial charge < -0.3 is 9.80 Å². The molecule has 1 aromatic rings. The van der Waals surface area contributed by atoms with Crippen LogP contribution in [0.5, 0.6) is 0 Å². The van der Waals surface area contributed by atoms with Crippen molar-refractivity contribution in [2.45, 2.75) is 33.6 Å². The maximum Gasteiger partial charge on any atom is 0.242 e. The van der Waals surface area contributed by atoms with Gasteiger partial charge in [-0.3, -0.25) is 9.59 Å². The molecule has 0 atom stereocenters.